The molecule has 1 aliphatic rings. The number of aromatic amines is 1. The topological polar surface area (TPSA) is 91.0 Å². The second-order valence-electron chi connectivity index (χ2n) is 7.24. The summed E-state index contributed by atoms with van der Waals surface area (Å²) < 4.78 is 0. The van der Waals surface area contributed by atoms with Gasteiger partial charge in [0.15, 0.2) is 0 Å². The molecule has 3 heterocycles. The number of hydrogen-bond donors (Lipinski definition) is 2. The van der Waals surface area contributed by atoms with Gasteiger partial charge in [0.2, 0.25) is 11.0 Å². The van der Waals surface area contributed by atoms with Crippen molar-refractivity contribution in [1.29, 1.82) is 0 Å². The predicted molar refractivity (Wildman–Crippen MR) is 116 cm³/mol. The van der Waals surface area contributed by atoms with Crippen LogP contribution >= 0.6 is 11.3 Å². The zero-order chi connectivity index (χ0) is 20.7. The summed E-state index contributed by atoms with van der Waals surface area (Å²) in [4.78, 5) is 30.7. The van der Waals surface area contributed by atoms with Crippen molar-refractivity contribution in [3.63, 3.8) is 0 Å². The molecule has 0 bridgehead atoms. The van der Waals surface area contributed by atoms with E-state index in [2.05, 4.69) is 26.6 Å². The Morgan fingerprint density at radius 3 is 2.87 bits per heavy atom. The fourth-order valence-corrected chi connectivity index (χ4v) is 4.40. The van der Waals surface area contributed by atoms with Crippen molar-refractivity contribution in [3.05, 3.63) is 65.3 Å². The van der Waals surface area contributed by atoms with E-state index in [9.17, 15) is 9.59 Å². The van der Waals surface area contributed by atoms with E-state index in [1.54, 1.807) is 10.4 Å². The van der Waals surface area contributed by atoms with E-state index in [0.29, 0.717) is 23.7 Å². The Morgan fingerprint density at radius 1 is 1.23 bits per heavy atom. The molecule has 0 saturated carbocycles. The minimum Gasteiger partial charge on any atom is -0.361 e. The van der Waals surface area contributed by atoms with Gasteiger partial charge in [-0.1, -0.05) is 36.5 Å². The molecule has 7 nitrogen and oxygen atoms in total. The van der Waals surface area contributed by atoms with Gasteiger partial charge >= 0.3 is 0 Å². The van der Waals surface area contributed by atoms with Gasteiger partial charge in [0, 0.05) is 23.8 Å². The average molecular weight is 417 g/mol. The monoisotopic (exact) mass is 417 g/mol. The number of benzene rings is 2. The molecule has 4 aromatic rings. The van der Waals surface area contributed by atoms with E-state index in [1.165, 1.54) is 11.3 Å². The highest BCUT2D eigenvalue weighted by Crippen LogP contribution is 2.31. The van der Waals surface area contributed by atoms with Crippen LogP contribution in [0.5, 0.6) is 0 Å². The summed E-state index contributed by atoms with van der Waals surface area (Å²) in [6.07, 6.45) is 2.43. The van der Waals surface area contributed by atoms with E-state index in [-0.39, 0.29) is 11.8 Å². The first-order valence-electron chi connectivity index (χ1n) is 9.72. The Hall–Kier alpha value is -3.52. The van der Waals surface area contributed by atoms with Crippen molar-refractivity contribution in [2.45, 2.75) is 25.9 Å². The van der Waals surface area contributed by atoms with Crippen LogP contribution in [0.15, 0.2) is 54.2 Å². The fourth-order valence-electron chi connectivity index (χ4n) is 3.95. The number of carbonyl (C=O) groups excluding carboxylic acids is 2. The summed E-state index contributed by atoms with van der Waals surface area (Å²) >= 11 is 1.25. The standard InChI is InChI=1S/C22H19N5O2S/c1-2-19(20(28)25-22-26-24-12-30-22)27-11-16-4-3-14(10-17(16)21(27)29)13-5-6-18-15(9-13)7-8-23-18/h3-10,12,19,23H,2,11H2,1H3,(H,25,26,28)/t19-/m1/s1. The number of amides is 2. The number of hydrogen-bond acceptors (Lipinski definition) is 5. The molecule has 0 saturated heterocycles. The molecule has 0 spiro atoms. The Morgan fingerprint density at radius 2 is 2.07 bits per heavy atom. The first-order valence-corrected chi connectivity index (χ1v) is 10.6. The van der Waals surface area contributed by atoms with E-state index in [4.69, 9.17) is 0 Å². The van der Waals surface area contributed by atoms with Gasteiger partial charge in [-0.25, -0.2) is 0 Å². The van der Waals surface area contributed by atoms with Gasteiger partial charge < -0.3 is 9.88 Å². The maximum Gasteiger partial charge on any atom is 0.255 e. The molecule has 0 unspecified atom stereocenters. The van der Waals surface area contributed by atoms with E-state index in [1.807, 2.05) is 49.5 Å². The average Bonchev–Trinajstić information content (AvgIpc) is 3.49. The summed E-state index contributed by atoms with van der Waals surface area (Å²) in [6.45, 7) is 2.32. The number of H-pyrrole nitrogens is 1. The van der Waals surface area contributed by atoms with Crippen molar-refractivity contribution in [2.75, 3.05) is 5.32 Å². The maximum absolute atomic E-state index is 13.2. The molecule has 5 rings (SSSR count). The number of nitrogens with one attached hydrogen (secondary N) is 2. The number of nitrogens with zero attached hydrogens (tertiary/aromatic N) is 3. The summed E-state index contributed by atoms with van der Waals surface area (Å²) in [6, 6.07) is 13.6. The molecule has 0 radical (unpaired) electrons. The lowest BCUT2D eigenvalue weighted by Crippen LogP contribution is -2.43. The summed E-state index contributed by atoms with van der Waals surface area (Å²) in [5.74, 6) is -0.359. The molecule has 2 N–H and O–H groups in total. The molecule has 0 fully saturated rings. The molecule has 0 aliphatic carbocycles. The molecule has 2 aromatic carbocycles. The van der Waals surface area contributed by atoms with Crippen LogP contribution in [-0.2, 0) is 11.3 Å². The molecule has 2 amide bonds. The van der Waals surface area contributed by atoms with Crippen LogP contribution in [0.1, 0.15) is 29.3 Å². The van der Waals surface area contributed by atoms with Gasteiger partial charge in [-0.15, -0.1) is 10.2 Å². The molecule has 2 aromatic heterocycles. The number of aromatic nitrogens is 3. The lowest BCUT2D eigenvalue weighted by Gasteiger charge is -2.25. The Bertz CT molecular complexity index is 1250. The van der Waals surface area contributed by atoms with Crippen molar-refractivity contribution in [3.8, 4) is 11.1 Å². The highest BCUT2D eigenvalue weighted by molar-refractivity contribution is 7.13. The zero-order valence-corrected chi connectivity index (χ0v) is 17.1. The second-order valence-corrected chi connectivity index (χ2v) is 8.08. The van der Waals surface area contributed by atoms with Gasteiger partial charge in [-0.3, -0.25) is 14.9 Å². The molecular weight excluding hydrogens is 398 g/mol. The molecule has 1 aliphatic heterocycles. The van der Waals surface area contributed by atoms with Crippen LogP contribution < -0.4 is 5.32 Å². The van der Waals surface area contributed by atoms with Gasteiger partial charge in [0.05, 0.1) is 0 Å². The number of rotatable bonds is 5. The van der Waals surface area contributed by atoms with Crippen LogP contribution in [0.3, 0.4) is 0 Å². The van der Waals surface area contributed by atoms with Crippen LogP contribution in [0.4, 0.5) is 5.13 Å². The van der Waals surface area contributed by atoms with Gasteiger partial charge in [0.1, 0.15) is 11.6 Å². The smallest absolute Gasteiger partial charge is 0.255 e. The normalized spacial score (nSPS) is 14.2. The van der Waals surface area contributed by atoms with Gasteiger partial charge in [-0.05, 0) is 52.8 Å². The van der Waals surface area contributed by atoms with Crippen LogP contribution in [-0.4, -0.2) is 37.9 Å². The first kappa shape index (κ1) is 18.5. The Kier molecular flexibility index (Phi) is 4.55. The summed E-state index contributed by atoms with van der Waals surface area (Å²) in [7, 11) is 0. The fraction of sp³-hybridized carbons (Fsp3) is 0.182. The Balaban J connectivity index is 1.41. The lowest BCUT2D eigenvalue weighted by atomic mass is 9.99. The van der Waals surface area contributed by atoms with Crippen molar-refractivity contribution in [2.24, 2.45) is 0 Å². The highest BCUT2D eigenvalue weighted by Gasteiger charge is 2.35. The molecule has 1 atom stereocenters. The highest BCUT2D eigenvalue weighted by atomic mass is 32.1. The third-order valence-electron chi connectivity index (χ3n) is 5.48. The van der Waals surface area contributed by atoms with Crippen molar-refractivity contribution in [1.82, 2.24) is 20.1 Å². The van der Waals surface area contributed by atoms with Gasteiger partial charge in [0.25, 0.3) is 5.91 Å². The van der Waals surface area contributed by atoms with Crippen LogP contribution in [0, 0.1) is 0 Å². The van der Waals surface area contributed by atoms with Crippen molar-refractivity contribution >= 4 is 39.2 Å². The van der Waals surface area contributed by atoms with Crippen LogP contribution in [0.2, 0.25) is 0 Å². The third-order valence-corrected chi connectivity index (χ3v) is 6.09. The minimum absolute atomic E-state index is 0.117. The summed E-state index contributed by atoms with van der Waals surface area (Å²) in [5, 5.41) is 11.9. The zero-order valence-electron chi connectivity index (χ0n) is 16.3. The SMILES string of the molecule is CC[C@H](C(=O)Nc1nncs1)N1Cc2ccc(-c3ccc4[nH]ccc4c3)cc2C1=O. The largest absolute Gasteiger partial charge is 0.361 e. The number of fused-ring (bicyclic) bond motifs is 2. The lowest BCUT2D eigenvalue weighted by molar-refractivity contribution is -0.120. The minimum atomic E-state index is -0.562. The number of carbonyl (C=O) groups is 2. The molecule has 150 valence electrons. The van der Waals surface area contributed by atoms with E-state index in [0.717, 1.165) is 27.6 Å². The van der Waals surface area contributed by atoms with E-state index >= 15 is 0 Å². The quantitative estimate of drug-likeness (QED) is 0.512. The van der Waals surface area contributed by atoms with Crippen molar-refractivity contribution < 1.29 is 9.59 Å². The molecule has 30 heavy (non-hydrogen) atoms. The van der Waals surface area contributed by atoms with Gasteiger partial charge in [-0.2, -0.15) is 0 Å². The molecular formula is C22H19N5O2S. The summed E-state index contributed by atoms with van der Waals surface area (Å²) in [5.41, 5.74) is 6.27. The third kappa shape index (κ3) is 3.15. The second kappa shape index (κ2) is 7.38. The predicted octanol–water partition coefficient (Wildman–Crippen LogP) is 4.06. The number of anilines is 1. The van der Waals surface area contributed by atoms with E-state index < -0.39 is 6.04 Å². The Labute approximate surface area is 176 Å². The first-order chi connectivity index (χ1) is 14.6. The maximum atomic E-state index is 13.2. The molecule has 8 heteroatoms. The van der Waals surface area contributed by atoms with Crippen LogP contribution in [0.25, 0.3) is 22.0 Å².